The van der Waals surface area contributed by atoms with Gasteiger partial charge in [-0.1, -0.05) is 6.07 Å². The van der Waals surface area contributed by atoms with E-state index >= 15 is 0 Å². The van der Waals surface area contributed by atoms with Crippen molar-refractivity contribution in [3.05, 3.63) is 33.4 Å². The van der Waals surface area contributed by atoms with E-state index in [0.717, 1.165) is 3.57 Å². The molecule has 0 atom stereocenters. The monoisotopic (exact) mass is 376 g/mol. The maximum atomic E-state index is 11.6. The van der Waals surface area contributed by atoms with Crippen LogP contribution >= 0.6 is 22.6 Å². The molecule has 0 aromatic heterocycles. The van der Waals surface area contributed by atoms with E-state index in [1.54, 1.807) is 25.1 Å². The molecule has 0 bridgehead atoms. The molecule has 0 saturated carbocycles. The van der Waals surface area contributed by atoms with Crippen molar-refractivity contribution >= 4 is 40.5 Å². The zero-order valence-electron chi connectivity index (χ0n) is 10.2. The van der Waals surface area contributed by atoms with Gasteiger partial charge < -0.3 is 10.1 Å². The lowest BCUT2D eigenvalue weighted by Gasteiger charge is -2.06. The van der Waals surface area contributed by atoms with Crippen LogP contribution in [0.4, 0.5) is 4.79 Å². The summed E-state index contributed by atoms with van der Waals surface area (Å²) in [6.45, 7) is 1.63. The van der Waals surface area contributed by atoms with Crippen LogP contribution in [-0.2, 0) is 9.53 Å². The first-order valence-corrected chi connectivity index (χ1v) is 6.61. The molecule has 0 fully saturated rings. The topological polar surface area (TPSA) is 84.5 Å². The van der Waals surface area contributed by atoms with Crippen molar-refractivity contribution in [2.75, 3.05) is 13.2 Å². The van der Waals surface area contributed by atoms with Crippen LogP contribution in [0.5, 0.6) is 0 Å². The summed E-state index contributed by atoms with van der Waals surface area (Å²) in [5.74, 6) is -1.28. The summed E-state index contributed by atoms with van der Waals surface area (Å²) in [4.78, 5) is 33.9. The normalized spacial score (nSPS) is 9.58. The second-order valence-electron chi connectivity index (χ2n) is 3.49. The molecular weight excluding hydrogens is 363 g/mol. The van der Waals surface area contributed by atoms with E-state index < -0.39 is 24.5 Å². The third kappa shape index (κ3) is 5.69. The molecule has 2 N–H and O–H groups in total. The first-order chi connectivity index (χ1) is 9.02. The summed E-state index contributed by atoms with van der Waals surface area (Å²) in [6.07, 6.45) is 0. The zero-order valence-corrected chi connectivity index (χ0v) is 12.4. The van der Waals surface area contributed by atoms with Gasteiger partial charge in [0.15, 0.2) is 6.61 Å². The van der Waals surface area contributed by atoms with Crippen LogP contribution in [0.2, 0.25) is 0 Å². The molecule has 0 aliphatic rings. The summed E-state index contributed by atoms with van der Waals surface area (Å²) in [5.41, 5.74) is 0.359. The smallest absolute Gasteiger partial charge is 0.338 e. The van der Waals surface area contributed by atoms with Gasteiger partial charge in [0, 0.05) is 10.1 Å². The fourth-order valence-electron chi connectivity index (χ4n) is 1.20. The quantitative estimate of drug-likeness (QED) is 0.613. The van der Waals surface area contributed by atoms with Crippen LogP contribution in [0, 0.1) is 3.57 Å². The van der Waals surface area contributed by atoms with E-state index in [1.165, 1.54) is 0 Å². The zero-order chi connectivity index (χ0) is 14.3. The van der Waals surface area contributed by atoms with Crippen molar-refractivity contribution in [2.45, 2.75) is 6.92 Å². The summed E-state index contributed by atoms with van der Waals surface area (Å²) in [6, 6.07) is 6.17. The van der Waals surface area contributed by atoms with Gasteiger partial charge in [-0.15, -0.1) is 0 Å². The highest BCUT2D eigenvalue weighted by atomic mass is 127. The molecule has 1 aromatic rings. The summed E-state index contributed by atoms with van der Waals surface area (Å²) < 4.78 is 5.68. The Kier molecular flexibility index (Phi) is 6.26. The van der Waals surface area contributed by atoms with Crippen LogP contribution < -0.4 is 10.6 Å². The lowest BCUT2D eigenvalue weighted by Crippen LogP contribution is -2.41. The molecule has 102 valence electrons. The number of carbonyl (C=O) groups excluding carboxylic acids is 3. The number of urea groups is 1. The standard InChI is InChI=1S/C12H13IN2O4/c1-2-14-12(18)15-10(16)7-19-11(17)8-4-3-5-9(13)6-8/h3-6H,2,7H2,1H3,(H2,14,15,16,18). The number of rotatable bonds is 4. The molecule has 1 rings (SSSR count). The van der Waals surface area contributed by atoms with Crippen molar-refractivity contribution < 1.29 is 19.1 Å². The number of hydrogen-bond acceptors (Lipinski definition) is 4. The number of imide groups is 1. The van der Waals surface area contributed by atoms with Crippen molar-refractivity contribution in [3.63, 3.8) is 0 Å². The number of nitrogens with one attached hydrogen (secondary N) is 2. The van der Waals surface area contributed by atoms with Crippen LogP contribution in [0.25, 0.3) is 0 Å². The van der Waals surface area contributed by atoms with Gasteiger partial charge >= 0.3 is 12.0 Å². The minimum absolute atomic E-state index is 0.359. The van der Waals surface area contributed by atoms with Crippen LogP contribution in [0.15, 0.2) is 24.3 Å². The molecule has 3 amide bonds. The Hall–Kier alpha value is -1.64. The molecule has 0 aliphatic heterocycles. The fourth-order valence-corrected chi connectivity index (χ4v) is 1.74. The molecule has 6 nitrogen and oxygen atoms in total. The van der Waals surface area contributed by atoms with E-state index in [0.29, 0.717) is 12.1 Å². The second kappa shape index (κ2) is 7.72. The second-order valence-corrected chi connectivity index (χ2v) is 4.74. The highest BCUT2D eigenvalue weighted by molar-refractivity contribution is 14.1. The number of esters is 1. The molecule has 0 saturated heterocycles. The average Bonchev–Trinajstić information content (AvgIpc) is 2.36. The Morgan fingerprint density at radius 3 is 2.68 bits per heavy atom. The minimum atomic E-state index is -0.676. The minimum Gasteiger partial charge on any atom is -0.452 e. The maximum absolute atomic E-state index is 11.6. The first-order valence-electron chi connectivity index (χ1n) is 5.53. The number of amides is 3. The first kappa shape index (κ1) is 15.4. The molecule has 1 aromatic carbocycles. The Morgan fingerprint density at radius 2 is 2.05 bits per heavy atom. The van der Waals surface area contributed by atoms with Crippen LogP contribution in [0.3, 0.4) is 0 Å². The van der Waals surface area contributed by atoms with Gasteiger partial charge in [0.25, 0.3) is 5.91 Å². The van der Waals surface area contributed by atoms with Gasteiger partial charge in [-0.25, -0.2) is 9.59 Å². The van der Waals surface area contributed by atoms with E-state index in [2.05, 4.69) is 27.9 Å². The molecule has 19 heavy (non-hydrogen) atoms. The highest BCUT2D eigenvalue weighted by Crippen LogP contribution is 2.08. The van der Waals surface area contributed by atoms with E-state index in [-0.39, 0.29) is 0 Å². The number of ether oxygens (including phenoxy) is 1. The summed E-state index contributed by atoms with van der Waals surface area (Å²) >= 11 is 2.07. The van der Waals surface area contributed by atoms with Crippen LogP contribution in [0.1, 0.15) is 17.3 Å². The van der Waals surface area contributed by atoms with Gasteiger partial charge in [-0.3, -0.25) is 10.1 Å². The Labute approximate surface area is 124 Å². The average molecular weight is 376 g/mol. The molecule has 0 spiro atoms. The lowest BCUT2D eigenvalue weighted by atomic mass is 10.2. The molecule has 0 unspecified atom stereocenters. The van der Waals surface area contributed by atoms with Crippen LogP contribution in [-0.4, -0.2) is 31.1 Å². The van der Waals surface area contributed by atoms with Crippen molar-refractivity contribution in [2.24, 2.45) is 0 Å². The SMILES string of the molecule is CCNC(=O)NC(=O)COC(=O)c1cccc(I)c1. The molecule has 7 heteroatoms. The van der Waals surface area contributed by atoms with Gasteiger partial charge in [-0.2, -0.15) is 0 Å². The Morgan fingerprint density at radius 1 is 1.32 bits per heavy atom. The van der Waals surface area contributed by atoms with E-state index in [1.807, 2.05) is 11.4 Å². The Bertz CT molecular complexity index is 490. The van der Waals surface area contributed by atoms with Gasteiger partial charge in [0.2, 0.25) is 0 Å². The number of benzene rings is 1. The summed E-state index contributed by atoms with van der Waals surface area (Å²) in [7, 11) is 0. The Balaban J connectivity index is 2.42. The maximum Gasteiger partial charge on any atom is 0.338 e. The third-order valence-corrected chi connectivity index (χ3v) is 2.66. The highest BCUT2D eigenvalue weighted by Gasteiger charge is 2.12. The van der Waals surface area contributed by atoms with Crippen molar-refractivity contribution in [3.8, 4) is 0 Å². The third-order valence-electron chi connectivity index (χ3n) is 1.98. The molecular formula is C12H13IN2O4. The van der Waals surface area contributed by atoms with Gasteiger partial charge in [0.1, 0.15) is 0 Å². The van der Waals surface area contributed by atoms with Crippen molar-refractivity contribution in [1.82, 2.24) is 10.6 Å². The van der Waals surface area contributed by atoms with E-state index in [4.69, 9.17) is 4.74 Å². The predicted octanol–water partition coefficient (Wildman–Crippen LogP) is 1.29. The van der Waals surface area contributed by atoms with Crippen molar-refractivity contribution in [1.29, 1.82) is 0 Å². The van der Waals surface area contributed by atoms with Gasteiger partial charge in [-0.05, 0) is 47.7 Å². The summed E-state index contributed by atoms with van der Waals surface area (Å²) in [5, 5.41) is 4.42. The molecule has 0 heterocycles. The number of carbonyl (C=O) groups is 3. The fraction of sp³-hybridized carbons (Fsp3) is 0.250. The number of halogens is 1. The predicted molar refractivity (Wildman–Crippen MR) is 76.7 cm³/mol. The van der Waals surface area contributed by atoms with Gasteiger partial charge in [0.05, 0.1) is 5.56 Å². The lowest BCUT2D eigenvalue weighted by molar-refractivity contribution is -0.123. The number of hydrogen-bond donors (Lipinski definition) is 2. The largest absolute Gasteiger partial charge is 0.452 e. The molecule has 0 radical (unpaired) electrons. The van der Waals surface area contributed by atoms with E-state index in [9.17, 15) is 14.4 Å². The molecule has 0 aliphatic carbocycles.